The lowest BCUT2D eigenvalue weighted by Gasteiger charge is -2.38. The van der Waals surface area contributed by atoms with Crippen LogP contribution < -0.4 is 36.9 Å². The molecule has 0 radical (unpaired) electrons. The number of para-hydroxylation sites is 1. The number of pyridine rings is 2. The number of carboxylic acids is 1. The van der Waals surface area contributed by atoms with E-state index in [-0.39, 0.29) is 144 Å². The van der Waals surface area contributed by atoms with E-state index in [0.29, 0.717) is 121 Å². The zero-order chi connectivity index (χ0) is 86.1. The molecule has 656 valence electrons. The lowest BCUT2D eigenvalue weighted by molar-refractivity contribution is -0.271. The van der Waals surface area contributed by atoms with Crippen molar-refractivity contribution in [2.45, 2.75) is 180 Å². The fraction of sp³-hybridized carbons (Fsp3) is 0.605. The third kappa shape index (κ3) is 27.4. The van der Waals surface area contributed by atoms with Gasteiger partial charge in [0.1, 0.15) is 62.0 Å². The number of imide groups is 1. The van der Waals surface area contributed by atoms with E-state index in [9.17, 15) is 78.3 Å². The Morgan fingerprint density at radius 2 is 1.30 bits per heavy atom. The number of carbonyl (C=O) groups is 10. The Bertz CT molecular complexity index is 4160. The number of nitrogens with zero attached hydrogens (tertiary/aromatic N) is 4. The maximum atomic E-state index is 14.3. The second-order valence-corrected chi connectivity index (χ2v) is 29.2. The number of alkyl carbamates (subject to hydrolysis) is 1. The number of aliphatic hydroxyl groups excluding tert-OH is 3. The number of benzene rings is 2. The molecule has 2 aromatic carbocycles. The number of cyclic esters (lactones) is 1. The number of esters is 1. The minimum Gasteiger partial charge on any atom is -0.479 e. The SMILES string of the molecule is CC[C@@]1(O)C(=O)OCc2c1cc1n(c2=O)Cc2c-1nc1ccccc1c2CCN(C(=O)OCc1ccc(NC(=O)[C@H](C)NC(=O)[C@@H](NC(=O)[C@H](CCCCNC(=O)CCCCCN2C(=O)C=CC2=O)NC(=O)OCCOCCOCCOCCOCCOCCOCCOCCOC)C(C)C)c(O[C@@H]2O[C@H](C(=O)O)[C@@H](O)[C@H](O)[C@H]2O)c1)C(C)C. The van der Waals surface area contributed by atoms with Gasteiger partial charge in [-0.25, -0.2) is 24.2 Å². The van der Waals surface area contributed by atoms with Crippen LogP contribution in [0, 0.1) is 5.92 Å². The number of carboxylic acid groups (broad SMARTS) is 1. The number of nitrogens with one attached hydrogen (secondary N) is 5. The highest BCUT2D eigenvalue weighted by atomic mass is 16.7. The molecule has 0 aliphatic carbocycles. The predicted molar refractivity (Wildman–Crippen MR) is 422 cm³/mol. The van der Waals surface area contributed by atoms with Crippen LogP contribution in [0.4, 0.5) is 15.3 Å². The first kappa shape index (κ1) is 94.8. The summed E-state index contributed by atoms with van der Waals surface area (Å²) >= 11 is 0. The highest BCUT2D eigenvalue weighted by molar-refractivity contribution is 6.13. The van der Waals surface area contributed by atoms with Crippen LogP contribution in [0.1, 0.15) is 121 Å². The normalized spacial score (nSPS) is 18.7. The van der Waals surface area contributed by atoms with Crippen LogP contribution in [0.5, 0.6) is 5.75 Å². The Balaban J connectivity index is 0.854. The molecule has 4 aromatic rings. The lowest BCUT2D eigenvalue weighted by Crippen LogP contribution is -2.61. The Labute approximate surface area is 688 Å². The van der Waals surface area contributed by atoms with Crippen LogP contribution in [-0.2, 0) is 127 Å². The highest BCUT2D eigenvalue weighted by Gasteiger charge is 2.49. The zero-order valence-electron chi connectivity index (χ0n) is 68.3. The topological polar surface area (TPSA) is 493 Å². The van der Waals surface area contributed by atoms with Crippen LogP contribution in [0.2, 0.25) is 0 Å². The Morgan fingerprint density at radius 3 is 1.91 bits per heavy atom. The maximum absolute atomic E-state index is 14.3. The van der Waals surface area contributed by atoms with E-state index < -0.39 is 120 Å². The molecule has 0 spiro atoms. The minimum atomic E-state index is -2.11. The van der Waals surface area contributed by atoms with Gasteiger partial charge in [-0.2, -0.15) is 0 Å². The molecule has 0 bridgehead atoms. The van der Waals surface area contributed by atoms with Crippen molar-refractivity contribution in [3.63, 3.8) is 0 Å². The molecule has 4 aliphatic rings. The number of fused-ring (bicyclic) bond motifs is 5. The molecule has 1 fully saturated rings. The average molecular weight is 1680 g/mol. The van der Waals surface area contributed by atoms with E-state index in [1.54, 1.807) is 47.8 Å². The number of carbonyl (C=O) groups excluding carboxylic acids is 9. The van der Waals surface area contributed by atoms with Gasteiger partial charge in [-0.15, -0.1) is 0 Å². The van der Waals surface area contributed by atoms with Gasteiger partial charge >= 0.3 is 24.1 Å². The molecule has 38 heteroatoms. The first-order chi connectivity index (χ1) is 57.2. The molecule has 4 aliphatic heterocycles. The minimum absolute atomic E-state index is 0.00385. The summed E-state index contributed by atoms with van der Waals surface area (Å²) in [6.07, 6.45) is -7.11. The molecule has 119 heavy (non-hydrogen) atoms. The number of hydrogen-bond donors (Lipinski definition) is 10. The summed E-state index contributed by atoms with van der Waals surface area (Å²) in [6.45, 7) is 14.7. The Hall–Kier alpha value is -9.68. The van der Waals surface area contributed by atoms with Crippen molar-refractivity contribution < 1.29 is 135 Å². The van der Waals surface area contributed by atoms with Crippen molar-refractivity contribution >= 4 is 76.2 Å². The van der Waals surface area contributed by atoms with Gasteiger partial charge < -0.3 is 123 Å². The summed E-state index contributed by atoms with van der Waals surface area (Å²) < 4.78 is 72.8. The lowest BCUT2D eigenvalue weighted by atomic mass is 9.86. The number of hydrogen-bond acceptors (Lipinski definition) is 29. The summed E-state index contributed by atoms with van der Waals surface area (Å²) in [7, 11) is 1.61. The van der Waals surface area contributed by atoms with E-state index in [1.807, 2.05) is 24.3 Å². The molecule has 8 amide bonds. The first-order valence-corrected chi connectivity index (χ1v) is 40.1. The van der Waals surface area contributed by atoms with Crippen molar-refractivity contribution in [3.05, 3.63) is 98.9 Å². The molecular formula is C81H113N9O29. The summed E-state index contributed by atoms with van der Waals surface area (Å²) in [6, 6.07) is 8.49. The van der Waals surface area contributed by atoms with Crippen LogP contribution >= 0.6 is 0 Å². The van der Waals surface area contributed by atoms with Gasteiger partial charge in [0.05, 0.1) is 134 Å². The summed E-state index contributed by atoms with van der Waals surface area (Å²) in [4.78, 5) is 154. The average Bonchev–Trinajstić information content (AvgIpc) is 1.57. The van der Waals surface area contributed by atoms with Gasteiger partial charge in [0, 0.05) is 67.9 Å². The molecule has 0 saturated carbocycles. The van der Waals surface area contributed by atoms with E-state index in [0.717, 1.165) is 15.8 Å². The number of rotatable bonds is 53. The van der Waals surface area contributed by atoms with Crippen molar-refractivity contribution in [1.82, 2.24) is 40.6 Å². The molecule has 8 rings (SSSR count). The molecular weight excluding hydrogens is 1560 g/mol. The first-order valence-electron chi connectivity index (χ1n) is 40.1. The van der Waals surface area contributed by atoms with E-state index in [1.165, 1.54) is 46.7 Å². The van der Waals surface area contributed by atoms with Crippen molar-refractivity contribution in [2.75, 3.05) is 138 Å². The number of amides is 8. The standard InChI is InChI=1S/C81H113N9O29/c1-8-81(106)57-45-61-67-55(46-90(61)75(100)56(57)48-116-78(81)103)53(54-16-11-12-17-58(54)84-67)24-27-88(50(4)5)80(105)117-47-52-20-21-59(62(44-52)118-77-70(96)68(94)69(95)71(119-77)76(101)102)85-72(97)51(6)83-74(99)66(49(2)3)87-73(98)60(18-13-14-25-82-63(91)19-10-9-15-26-89-64(92)22-23-65(89)93)86-79(104)115-43-42-114-41-40-113-39-38-112-37-36-111-35-34-110-33-32-109-31-30-108-29-28-107-7/h11-12,16-17,20-23,44-45,49-51,60,66,68-71,77,94-96,106H,8-10,13-15,18-19,24-43,46-48H2,1-7H3,(H,82,91)(H,83,99)(H,85,97)(H,86,104)(H,87,98)(H,101,102)/t51-,60-,66-,68-,69-,70+,71-,77+,81-/m0/s1. The second kappa shape index (κ2) is 47.9. The van der Waals surface area contributed by atoms with Gasteiger partial charge in [-0.05, 0) is 107 Å². The molecule has 1 saturated heterocycles. The molecule has 6 heterocycles. The fourth-order valence-corrected chi connectivity index (χ4v) is 13.3. The Kier molecular flexibility index (Phi) is 38.2. The highest BCUT2D eigenvalue weighted by Crippen LogP contribution is 2.41. The van der Waals surface area contributed by atoms with Gasteiger partial charge in [-0.1, -0.05) is 51.5 Å². The number of aliphatic hydroxyl groups is 4. The van der Waals surface area contributed by atoms with E-state index in [2.05, 4.69) is 26.6 Å². The van der Waals surface area contributed by atoms with E-state index in [4.69, 9.17) is 66.6 Å². The van der Waals surface area contributed by atoms with Gasteiger partial charge in [0.25, 0.3) is 17.4 Å². The number of methoxy groups -OCH3 is 1. The van der Waals surface area contributed by atoms with Crippen molar-refractivity contribution in [3.8, 4) is 17.1 Å². The molecule has 38 nitrogen and oxygen atoms in total. The van der Waals surface area contributed by atoms with E-state index >= 15 is 0 Å². The van der Waals surface area contributed by atoms with Gasteiger partial charge in [0.2, 0.25) is 29.9 Å². The van der Waals surface area contributed by atoms with Gasteiger partial charge in [0.15, 0.2) is 11.7 Å². The number of aromatic nitrogens is 2. The fourth-order valence-electron chi connectivity index (χ4n) is 13.3. The summed E-state index contributed by atoms with van der Waals surface area (Å²) in [5, 5.41) is 67.8. The molecule has 9 atom stereocenters. The number of aliphatic carboxylic acids is 1. The third-order valence-electron chi connectivity index (χ3n) is 20.1. The van der Waals surface area contributed by atoms with Crippen LogP contribution in [-0.4, -0.2) is 292 Å². The van der Waals surface area contributed by atoms with Gasteiger partial charge in [-0.3, -0.25) is 38.5 Å². The smallest absolute Gasteiger partial charge is 0.410 e. The third-order valence-corrected chi connectivity index (χ3v) is 20.1. The zero-order valence-corrected chi connectivity index (χ0v) is 68.3. The van der Waals surface area contributed by atoms with Crippen molar-refractivity contribution in [1.29, 1.82) is 0 Å². The Morgan fingerprint density at radius 1 is 0.681 bits per heavy atom. The largest absolute Gasteiger partial charge is 0.479 e. The van der Waals surface area contributed by atoms with Crippen LogP contribution in [0.25, 0.3) is 22.3 Å². The second-order valence-electron chi connectivity index (χ2n) is 29.2. The number of ether oxygens (including phenoxy) is 13. The van der Waals surface area contributed by atoms with Crippen LogP contribution in [0.3, 0.4) is 0 Å². The van der Waals surface area contributed by atoms with Crippen molar-refractivity contribution in [2.24, 2.45) is 5.92 Å². The summed E-state index contributed by atoms with van der Waals surface area (Å²) in [5.74, 6) is -7.08. The number of unbranched alkanes of at least 4 members (excludes halogenated alkanes) is 3. The number of anilines is 1. The quantitative estimate of drug-likeness (QED) is 0.0115. The molecule has 2 aromatic heterocycles. The maximum Gasteiger partial charge on any atom is 0.410 e. The summed E-state index contributed by atoms with van der Waals surface area (Å²) in [5.41, 5.74) is 0.779. The monoisotopic (exact) mass is 1680 g/mol. The van der Waals surface area contributed by atoms with Crippen LogP contribution in [0.15, 0.2) is 65.5 Å². The predicted octanol–water partition coefficient (Wildman–Crippen LogP) is 2.15. The molecule has 10 N–H and O–H groups in total. The molecule has 0 unspecified atom stereocenters.